The van der Waals surface area contributed by atoms with Crippen LogP contribution >= 0.6 is 0 Å². The number of rotatable bonds is 1. The summed E-state index contributed by atoms with van der Waals surface area (Å²) < 4.78 is 0. The molecule has 1 rings (SSSR count). The molecule has 0 aliphatic heterocycles. The van der Waals surface area contributed by atoms with Crippen molar-refractivity contribution in [2.45, 2.75) is 33.5 Å². The van der Waals surface area contributed by atoms with Gasteiger partial charge in [0.2, 0.25) is 0 Å². The molecule has 1 aromatic rings. The third-order valence-corrected chi connectivity index (χ3v) is 4.09. The Balaban J connectivity index is 3.13. The van der Waals surface area contributed by atoms with Crippen LogP contribution in [-0.2, 0) is 0 Å². The number of H-pyrrole nitrogens is 1. The maximum absolute atomic E-state index is 3.35. The van der Waals surface area contributed by atoms with Crippen LogP contribution in [0.1, 0.15) is 11.4 Å². The van der Waals surface area contributed by atoms with E-state index in [1.807, 2.05) is 0 Å². The molecule has 0 aliphatic carbocycles. The van der Waals surface area contributed by atoms with Crippen LogP contribution in [-0.4, -0.2) is 13.1 Å². The highest BCUT2D eigenvalue weighted by atomic mass is 28.3. The van der Waals surface area contributed by atoms with Gasteiger partial charge in [0, 0.05) is 11.4 Å². The average molecular weight is 167 g/mol. The Hall–Kier alpha value is -0.503. The van der Waals surface area contributed by atoms with Gasteiger partial charge in [0.25, 0.3) is 0 Å². The van der Waals surface area contributed by atoms with Crippen molar-refractivity contribution in [3.63, 3.8) is 0 Å². The number of hydrogen-bond acceptors (Lipinski definition) is 0. The molecular formula is C9H17NSi. The molecule has 1 N–H and O–H groups in total. The topological polar surface area (TPSA) is 15.8 Å². The molecule has 0 fully saturated rings. The highest BCUT2D eigenvalue weighted by molar-refractivity contribution is 6.89. The minimum atomic E-state index is -1.09. The van der Waals surface area contributed by atoms with Crippen molar-refractivity contribution in [1.82, 2.24) is 4.98 Å². The predicted octanol–water partition coefficient (Wildman–Crippen LogP) is 2.18. The van der Waals surface area contributed by atoms with Crippen LogP contribution in [0.2, 0.25) is 19.6 Å². The highest BCUT2D eigenvalue weighted by Crippen LogP contribution is 2.06. The summed E-state index contributed by atoms with van der Waals surface area (Å²) in [6, 6.07) is 2.29. The van der Waals surface area contributed by atoms with E-state index < -0.39 is 8.07 Å². The molecule has 1 aromatic heterocycles. The molecule has 0 unspecified atom stereocenters. The lowest BCUT2D eigenvalue weighted by Gasteiger charge is -2.15. The van der Waals surface area contributed by atoms with Crippen LogP contribution in [0.25, 0.3) is 0 Å². The van der Waals surface area contributed by atoms with E-state index >= 15 is 0 Å². The minimum absolute atomic E-state index is 1.09. The van der Waals surface area contributed by atoms with Crippen LogP contribution in [0.5, 0.6) is 0 Å². The molecule has 1 heterocycles. The highest BCUT2D eigenvalue weighted by Gasteiger charge is 2.19. The van der Waals surface area contributed by atoms with Gasteiger partial charge in [-0.3, -0.25) is 0 Å². The average Bonchev–Trinajstić information content (AvgIpc) is 2.08. The van der Waals surface area contributed by atoms with Gasteiger partial charge in [-0.2, -0.15) is 0 Å². The molecule has 11 heavy (non-hydrogen) atoms. The Labute approximate surface area is 69.8 Å². The van der Waals surface area contributed by atoms with Crippen LogP contribution in [0, 0.1) is 13.8 Å². The van der Waals surface area contributed by atoms with Gasteiger partial charge in [-0.05, 0) is 25.1 Å². The summed E-state index contributed by atoms with van der Waals surface area (Å²) in [5.41, 5.74) is 2.65. The predicted molar refractivity (Wildman–Crippen MR) is 53.2 cm³/mol. The zero-order valence-electron chi connectivity index (χ0n) is 8.08. The molecule has 1 nitrogen and oxygen atoms in total. The molecule has 0 aliphatic rings. The summed E-state index contributed by atoms with van der Waals surface area (Å²) in [5, 5.41) is 1.56. The number of aromatic nitrogens is 1. The first kappa shape index (κ1) is 8.59. The van der Waals surface area contributed by atoms with Crippen molar-refractivity contribution in [1.29, 1.82) is 0 Å². The molecule has 0 spiro atoms. The zero-order valence-corrected chi connectivity index (χ0v) is 9.08. The van der Waals surface area contributed by atoms with E-state index in [4.69, 9.17) is 0 Å². The molecule has 0 amide bonds. The molecule has 0 radical (unpaired) electrons. The van der Waals surface area contributed by atoms with Gasteiger partial charge in [-0.1, -0.05) is 19.6 Å². The first-order valence-corrected chi connectivity index (χ1v) is 7.58. The molecule has 2 heteroatoms. The van der Waals surface area contributed by atoms with Gasteiger partial charge in [0.05, 0.1) is 8.07 Å². The van der Waals surface area contributed by atoms with Crippen molar-refractivity contribution in [3.05, 3.63) is 17.5 Å². The second-order valence-corrected chi connectivity index (χ2v) is 9.28. The Morgan fingerprint density at radius 1 is 1.18 bits per heavy atom. The molecule has 0 saturated carbocycles. The molecule has 0 bridgehead atoms. The van der Waals surface area contributed by atoms with E-state index in [-0.39, 0.29) is 0 Å². The van der Waals surface area contributed by atoms with Crippen LogP contribution in [0.15, 0.2) is 6.07 Å². The van der Waals surface area contributed by atoms with Crippen LogP contribution < -0.4 is 5.19 Å². The van der Waals surface area contributed by atoms with Gasteiger partial charge >= 0.3 is 0 Å². The van der Waals surface area contributed by atoms with Gasteiger partial charge in [-0.15, -0.1) is 0 Å². The van der Waals surface area contributed by atoms with Crippen molar-refractivity contribution >= 4 is 13.3 Å². The Morgan fingerprint density at radius 3 is 1.91 bits per heavy atom. The minimum Gasteiger partial charge on any atom is -0.363 e. The summed E-state index contributed by atoms with van der Waals surface area (Å²) in [5.74, 6) is 0. The van der Waals surface area contributed by atoms with E-state index in [1.165, 1.54) is 11.4 Å². The van der Waals surface area contributed by atoms with E-state index in [9.17, 15) is 0 Å². The third-order valence-electron chi connectivity index (χ3n) is 1.96. The van der Waals surface area contributed by atoms with Crippen LogP contribution in [0.4, 0.5) is 0 Å². The fourth-order valence-corrected chi connectivity index (χ4v) is 3.34. The lowest BCUT2D eigenvalue weighted by Crippen LogP contribution is -2.38. The summed E-state index contributed by atoms with van der Waals surface area (Å²) >= 11 is 0. The Kier molecular flexibility index (Phi) is 1.97. The second kappa shape index (κ2) is 2.52. The smallest absolute Gasteiger partial charge is 0.0799 e. The SMILES string of the molecule is Cc1cc([Si](C)(C)C)c(C)[nH]1. The lowest BCUT2D eigenvalue weighted by molar-refractivity contribution is 1.19. The maximum atomic E-state index is 3.35. The van der Waals surface area contributed by atoms with Crippen LogP contribution in [0.3, 0.4) is 0 Å². The summed E-state index contributed by atoms with van der Waals surface area (Å²) in [6.07, 6.45) is 0. The number of hydrogen-bond donors (Lipinski definition) is 1. The maximum Gasteiger partial charge on any atom is 0.0799 e. The molecule has 0 saturated heterocycles. The molecule has 62 valence electrons. The van der Waals surface area contributed by atoms with Gasteiger partial charge in [0.1, 0.15) is 0 Å². The van der Waals surface area contributed by atoms with Crippen molar-refractivity contribution in [2.75, 3.05) is 0 Å². The van der Waals surface area contributed by atoms with Crippen molar-refractivity contribution in [2.24, 2.45) is 0 Å². The Bertz CT molecular complexity index is 255. The van der Waals surface area contributed by atoms with Gasteiger partial charge < -0.3 is 4.98 Å². The fourth-order valence-electron chi connectivity index (χ4n) is 1.50. The number of aromatic amines is 1. The second-order valence-electron chi connectivity index (χ2n) is 4.24. The molecule has 0 atom stereocenters. The largest absolute Gasteiger partial charge is 0.363 e. The summed E-state index contributed by atoms with van der Waals surface area (Å²) in [4.78, 5) is 3.35. The first-order chi connectivity index (χ1) is 4.91. The van der Waals surface area contributed by atoms with E-state index in [2.05, 4.69) is 44.5 Å². The van der Waals surface area contributed by atoms with Gasteiger partial charge in [-0.25, -0.2) is 0 Å². The van der Waals surface area contributed by atoms with E-state index in [0.717, 1.165) is 0 Å². The zero-order chi connectivity index (χ0) is 8.65. The molecule has 0 aromatic carbocycles. The normalized spacial score (nSPS) is 12.1. The monoisotopic (exact) mass is 167 g/mol. The standard InChI is InChI=1S/C9H17NSi/c1-7-6-9(8(2)10-7)11(3,4)5/h6,10H,1-5H3. The fraction of sp³-hybridized carbons (Fsp3) is 0.556. The van der Waals surface area contributed by atoms with E-state index in [0.29, 0.717) is 0 Å². The number of nitrogens with one attached hydrogen (secondary N) is 1. The first-order valence-electron chi connectivity index (χ1n) is 4.08. The quantitative estimate of drug-likeness (QED) is 0.617. The molecular weight excluding hydrogens is 150 g/mol. The third kappa shape index (κ3) is 1.74. The van der Waals surface area contributed by atoms with E-state index in [1.54, 1.807) is 5.19 Å². The summed E-state index contributed by atoms with van der Waals surface area (Å²) in [7, 11) is -1.09. The van der Waals surface area contributed by atoms with Crippen molar-refractivity contribution < 1.29 is 0 Å². The van der Waals surface area contributed by atoms with Crippen molar-refractivity contribution in [3.8, 4) is 0 Å². The Morgan fingerprint density at radius 2 is 1.73 bits per heavy atom. The van der Waals surface area contributed by atoms with Gasteiger partial charge in [0.15, 0.2) is 0 Å². The lowest BCUT2D eigenvalue weighted by atomic mass is 10.4. The summed E-state index contributed by atoms with van der Waals surface area (Å²) in [6.45, 7) is 11.4. The number of aryl methyl sites for hydroxylation is 2.